The summed E-state index contributed by atoms with van der Waals surface area (Å²) in [7, 11) is 0. The highest BCUT2D eigenvalue weighted by molar-refractivity contribution is 5.93. The van der Waals surface area contributed by atoms with E-state index in [9.17, 15) is 4.79 Å². The third-order valence-corrected chi connectivity index (χ3v) is 6.24. The number of aromatic nitrogens is 2. The summed E-state index contributed by atoms with van der Waals surface area (Å²) in [4.78, 5) is 24.8. The molecule has 3 heterocycles. The summed E-state index contributed by atoms with van der Waals surface area (Å²) in [6.45, 7) is 10.6. The largest absolute Gasteiger partial charge is 0.338 e. The van der Waals surface area contributed by atoms with Gasteiger partial charge >= 0.3 is 0 Å². The first kappa shape index (κ1) is 18.2. The number of amides is 1. The number of benzene rings is 1. The second-order valence-corrected chi connectivity index (χ2v) is 8.85. The van der Waals surface area contributed by atoms with Crippen molar-refractivity contribution in [2.75, 3.05) is 19.6 Å². The topological polar surface area (TPSA) is 52.2 Å². The molecule has 2 fully saturated rings. The van der Waals surface area contributed by atoms with Gasteiger partial charge in [-0.05, 0) is 44.3 Å². The molecule has 27 heavy (non-hydrogen) atoms. The van der Waals surface area contributed by atoms with Crippen LogP contribution in [0.3, 0.4) is 0 Å². The van der Waals surface area contributed by atoms with Crippen molar-refractivity contribution in [1.29, 1.82) is 0 Å². The molecule has 0 saturated carbocycles. The predicted molar refractivity (Wildman–Crippen MR) is 106 cm³/mol. The standard InChI is InChI=1S/C22H30N4O/c1-16-23-13-19(24-16)21(27)26-15-22(2,3)20(26)18-9-11-25(12-10-18)14-17-7-5-4-6-8-17/h4-8,13,18,20H,9-12,14-15H2,1-3H3,(H,23,24). The fourth-order valence-corrected chi connectivity index (χ4v) is 4.98. The second kappa shape index (κ2) is 7.12. The summed E-state index contributed by atoms with van der Waals surface area (Å²) in [5.41, 5.74) is 2.19. The van der Waals surface area contributed by atoms with Crippen molar-refractivity contribution in [3.8, 4) is 0 Å². The van der Waals surface area contributed by atoms with Crippen LogP contribution in [0.4, 0.5) is 0 Å². The van der Waals surface area contributed by atoms with Crippen LogP contribution in [0.5, 0.6) is 0 Å². The van der Waals surface area contributed by atoms with E-state index in [1.807, 2.05) is 6.92 Å². The van der Waals surface area contributed by atoms with Gasteiger partial charge in [0, 0.05) is 24.5 Å². The molecule has 5 nitrogen and oxygen atoms in total. The van der Waals surface area contributed by atoms with E-state index in [0.717, 1.165) is 44.8 Å². The number of nitrogens with zero attached hydrogens (tertiary/aromatic N) is 3. The Morgan fingerprint density at radius 2 is 1.93 bits per heavy atom. The van der Waals surface area contributed by atoms with Gasteiger partial charge in [-0.1, -0.05) is 44.2 Å². The second-order valence-electron chi connectivity index (χ2n) is 8.85. The number of likely N-dealkylation sites (tertiary alicyclic amines) is 2. The van der Waals surface area contributed by atoms with E-state index in [1.165, 1.54) is 5.56 Å². The lowest BCUT2D eigenvalue weighted by molar-refractivity contribution is -0.0716. The molecule has 1 N–H and O–H groups in total. The fourth-order valence-electron chi connectivity index (χ4n) is 4.98. The van der Waals surface area contributed by atoms with E-state index >= 15 is 0 Å². The zero-order valence-electron chi connectivity index (χ0n) is 16.6. The lowest BCUT2D eigenvalue weighted by atomic mass is 9.66. The number of H-pyrrole nitrogens is 1. The average molecular weight is 367 g/mol. The number of aryl methyl sites for hydroxylation is 1. The van der Waals surface area contributed by atoms with E-state index in [4.69, 9.17) is 0 Å². The minimum absolute atomic E-state index is 0.103. The summed E-state index contributed by atoms with van der Waals surface area (Å²) in [6.07, 6.45) is 3.99. The van der Waals surface area contributed by atoms with Gasteiger partial charge in [0.1, 0.15) is 11.5 Å². The molecule has 1 amide bonds. The Balaban J connectivity index is 1.39. The van der Waals surface area contributed by atoms with E-state index in [2.05, 4.69) is 63.9 Å². The molecule has 0 radical (unpaired) electrons. The highest BCUT2D eigenvalue weighted by Gasteiger charge is 2.52. The number of aromatic amines is 1. The average Bonchev–Trinajstić information content (AvgIpc) is 3.08. The number of hydrogen-bond donors (Lipinski definition) is 1. The molecule has 2 saturated heterocycles. The summed E-state index contributed by atoms with van der Waals surface area (Å²) in [5.74, 6) is 1.48. The zero-order chi connectivity index (χ0) is 19.0. The monoisotopic (exact) mass is 366 g/mol. The van der Waals surface area contributed by atoms with Gasteiger partial charge in [0.15, 0.2) is 0 Å². The third kappa shape index (κ3) is 3.65. The Labute approximate surface area is 161 Å². The smallest absolute Gasteiger partial charge is 0.272 e. The van der Waals surface area contributed by atoms with Crippen LogP contribution in [0.25, 0.3) is 0 Å². The van der Waals surface area contributed by atoms with Gasteiger partial charge in [0.25, 0.3) is 5.91 Å². The van der Waals surface area contributed by atoms with Crippen LogP contribution in [0, 0.1) is 18.3 Å². The number of rotatable bonds is 4. The van der Waals surface area contributed by atoms with E-state index in [0.29, 0.717) is 17.7 Å². The van der Waals surface area contributed by atoms with Crippen molar-refractivity contribution in [3.63, 3.8) is 0 Å². The molecule has 1 unspecified atom stereocenters. The van der Waals surface area contributed by atoms with Crippen molar-refractivity contribution in [2.45, 2.75) is 46.2 Å². The first-order valence-electron chi connectivity index (χ1n) is 10.0. The van der Waals surface area contributed by atoms with Crippen LogP contribution in [0.1, 0.15) is 48.6 Å². The summed E-state index contributed by atoms with van der Waals surface area (Å²) < 4.78 is 0. The first-order valence-corrected chi connectivity index (χ1v) is 10.0. The summed E-state index contributed by atoms with van der Waals surface area (Å²) >= 11 is 0. The maximum Gasteiger partial charge on any atom is 0.272 e. The van der Waals surface area contributed by atoms with Crippen molar-refractivity contribution in [3.05, 3.63) is 53.6 Å². The van der Waals surface area contributed by atoms with Gasteiger partial charge in [0.2, 0.25) is 0 Å². The van der Waals surface area contributed by atoms with Gasteiger partial charge in [-0.3, -0.25) is 9.69 Å². The van der Waals surface area contributed by atoms with E-state index < -0.39 is 0 Å². The number of carbonyl (C=O) groups is 1. The molecule has 0 aliphatic carbocycles. The minimum atomic E-state index is 0.103. The molecule has 144 valence electrons. The van der Waals surface area contributed by atoms with Crippen LogP contribution in [-0.2, 0) is 6.54 Å². The van der Waals surface area contributed by atoms with Crippen LogP contribution < -0.4 is 0 Å². The van der Waals surface area contributed by atoms with Gasteiger partial charge < -0.3 is 9.88 Å². The lowest BCUT2D eigenvalue weighted by Crippen LogP contribution is -2.67. The molecule has 5 heteroatoms. The Hall–Kier alpha value is -2.14. The lowest BCUT2D eigenvalue weighted by Gasteiger charge is -2.58. The number of hydrogen-bond acceptors (Lipinski definition) is 3. The summed E-state index contributed by atoms with van der Waals surface area (Å²) in [6, 6.07) is 11.0. The maximum absolute atomic E-state index is 12.9. The number of nitrogens with one attached hydrogen (secondary N) is 1. The molecule has 2 aliphatic heterocycles. The SMILES string of the molecule is Cc1ncc(C(=O)N2CC(C)(C)C2C2CCN(Cc3ccccc3)CC2)[nH]1. The molecule has 2 aromatic rings. The third-order valence-electron chi connectivity index (χ3n) is 6.24. The van der Waals surface area contributed by atoms with Crippen molar-refractivity contribution in [2.24, 2.45) is 11.3 Å². The quantitative estimate of drug-likeness (QED) is 0.901. The Morgan fingerprint density at radius 1 is 1.22 bits per heavy atom. The molecule has 4 rings (SSSR count). The number of imidazole rings is 1. The highest BCUT2D eigenvalue weighted by atomic mass is 16.2. The van der Waals surface area contributed by atoms with Crippen LogP contribution >= 0.6 is 0 Å². The maximum atomic E-state index is 12.9. The molecule has 1 atom stereocenters. The van der Waals surface area contributed by atoms with Crippen molar-refractivity contribution in [1.82, 2.24) is 19.8 Å². The van der Waals surface area contributed by atoms with Gasteiger partial charge in [-0.25, -0.2) is 4.98 Å². The van der Waals surface area contributed by atoms with Crippen LogP contribution in [0.2, 0.25) is 0 Å². The normalized spacial score (nSPS) is 23.2. The van der Waals surface area contributed by atoms with Gasteiger partial charge in [-0.2, -0.15) is 0 Å². The Kier molecular flexibility index (Phi) is 4.81. The fraction of sp³-hybridized carbons (Fsp3) is 0.545. The van der Waals surface area contributed by atoms with Crippen molar-refractivity contribution >= 4 is 5.91 Å². The predicted octanol–water partition coefficient (Wildman–Crippen LogP) is 3.48. The van der Waals surface area contributed by atoms with Gasteiger partial charge in [-0.15, -0.1) is 0 Å². The van der Waals surface area contributed by atoms with Crippen molar-refractivity contribution < 1.29 is 4.79 Å². The molecule has 0 spiro atoms. The van der Waals surface area contributed by atoms with E-state index in [1.54, 1.807) is 6.20 Å². The van der Waals surface area contributed by atoms with Crippen LogP contribution in [0.15, 0.2) is 36.5 Å². The molecule has 0 bridgehead atoms. The number of piperidine rings is 1. The minimum Gasteiger partial charge on any atom is -0.338 e. The zero-order valence-corrected chi connectivity index (χ0v) is 16.6. The van der Waals surface area contributed by atoms with E-state index in [-0.39, 0.29) is 11.3 Å². The first-order chi connectivity index (χ1) is 12.9. The molecular weight excluding hydrogens is 336 g/mol. The molecular formula is C22H30N4O. The molecule has 2 aliphatic rings. The highest BCUT2D eigenvalue weighted by Crippen LogP contribution is 2.45. The Bertz CT molecular complexity index is 790. The Morgan fingerprint density at radius 3 is 2.52 bits per heavy atom. The van der Waals surface area contributed by atoms with Gasteiger partial charge in [0.05, 0.1) is 6.20 Å². The molecule has 1 aromatic heterocycles. The summed E-state index contributed by atoms with van der Waals surface area (Å²) in [5, 5.41) is 0. The molecule has 1 aromatic carbocycles. The van der Waals surface area contributed by atoms with Crippen LogP contribution in [-0.4, -0.2) is 51.4 Å². The number of carbonyl (C=O) groups excluding carboxylic acids is 1.